The lowest BCUT2D eigenvalue weighted by molar-refractivity contribution is -0.137. The highest BCUT2D eigenvalue weighted by Gasteiger charge is 2.44. The number of alkyl halides is 3. The van der Waals surface area contributed by atoms with Crippen LogP contribution < -0.4 is 5.32 Å². The third-order valence-electron chi connectivity index (χ3n) is 3.37. The Morgan fingerprint density at radius 1 is 1.26 bits per heavy atom. The van der Waals surface area contributed by atoms with Crippen LogP contribution in [0.25, 0.3) is 0 Å². The quantitative estimate of drug-likeness (QED) is 0.799. The molecule has 0 saturated heterocycles. The van der Waals surface area contributed by atoms with E-state index in [4.69, 9.17) is 0 Å². The number of rotatable bonds is 6. The minimum atomic E-state index is -4.61. The molecule has 0 aliphatic heterocycles. The SMILES string of the molecule is CCCCNC(=O)C(C)(C)S(=O)(=O)c1ccc(C(F)(F)F)cn1. The van der Waals surface area contributed by atoms with E-state index in [9.17, 15) is 26.4 Å². The lowest BCUT2D eigenvalue weighted by Gasteiger charge is -2.23. The molecule has 0 saturated carbocycles. The molecular weight excluding hydrogens is 333 g/mol. The van der Waals surface area contributed by atoms with Gasteiger partial charge in [0.1, 0.15) is 0 Å². The van der Waals surface area contributed by atoms with Gasteiger partial charge in [0.2, 0.25) is 15.7 Å². The van der Waals surface area contributed by atoms with Crippen LogP contribution in [0.4, 0.5) is 13.2 Å². The number of sulfone groups is 1. The maximum Gasteiger partial charge on any atom is 0.417 e. The largest absolute Gasteiger partial charge is 0.417 e. The molecule has 130 valence electrons. The van der Waals surface area contributed by atoms with Crippen LogP contribution in [0.1, 0.15) is 39.2 Å². The molecule has 0 unspecified atom stereocenters. The van der Waals surface area contributed by atoms with Crippen molar-refractivity contribution in [2.45, 2.75) is 49.6 Å². The van der Waals surface area contributed by atoms with Gasteiger partial charge < -0.3 is 5.32 Å². The molecule has 0 spiro atoms. The van der Waals surface area contributed by atoms with Crippen molar-refractivity contribution in [2.75, 3.05) is 6.54 Å². The molecule has 1 N–H and O–H groups in total. The maximum atomic E-state index is 12.5. The monoisotopic (exact) mass is 352 g/mol. The van der Waals surface area contributed by atoms with E-state index in [0.717, 1.165) is 12.5 Å². The van der Waals surface area contributed by atoms with Gasteiger partial charge in [-0.15, -0.1) is 0 Å². The summed E-state index contributed by atoms with van der Waals surface area (Å²) in [5.41, 5.74) is -1.05. The highest BCUT2D eigenvalue weighted by atomic mass is 32.2. The van der Waals surface area contributed by atoms with Crippen molar-refractivity contribution >= 4 is 15.7 Å². The van der Waals surface area contributed by atoms with Gasteiger partial charge in [0.05, 0.1) is 5.56 Å². The molecule has 1 amide bonds. The van der Waals surface area contributed by atoms with Crippen LogP contribution in [-0.4, -0.2) is 30.6 Å². The van der Waals surface area contributed by atoms with Gasteiger partial charge in [0, 0.05) is 12.7 Å². The third-order valence-corrected chi connectivity index (χ3v) is 5.69. The molecule has 23 heavy (non-hydrogen) atoms. The average Bonchev–Trinajstić information content (AvgIpc) is 2.46. The molecule has 0 radical (unpaired) electrons. The predicted molar refractivity (Wildman–Crippen MR) is 78.4 cm³/mol. The number of amides is 1. The number of nitrogens with one attached hydrogen (secondary N) is 1. The Morgan fingerprint density at radius 3 is 2.30 bits per heavy atom. The molecule has 0 bridgehead atoms. The average molecular weight is 352 g/mol. The number of hydrogen-bond acceptors (Lipinski definition) is 4. The molecular formula is C14H19F3N2O3S. The van der Waals surface area contributed by atoms with Crippen molar-refractivity contribution in [3.05, 3.63) is 23.9 Å². The summed E-state index contributed by atoms with van der Waals surface area (Å²) in [5.74, 6) is -0.715. The zero-order chi connectivity index (χ0) is 17.9. The van der Waals surface area contributed by atoms with Crippen molar-refractivity contribution in [1.82, 2.24) is 10.3 Å². The van der Waals surface area contributed by atoms with Crippen LogP contribution in [0.2, 0.25) is 0 Å². The first-order valence-electron chi connectivity index (χ1n) is 7.00. The van der Waals surface area contributed by atoms with Crippen LogP contribution in [-0.2, 0) is 20.8 Å². The van der Waals surface area contributed by atoms with Gasteiger partial charge >= 0.3 is 6.18 Å². The van der Waals surface area contributed by atoms with Gasteiger partial charge in [-0.1, -0.05) is 13.3 Å². The Kier molecular flexibility index (Phi) is 5.79. The van der Waals surface area contributed by atoms with Crippen LogP contribution in [0, 0.1) is 0 Å². The number of halogens is 3. The molecule has 5 nitrogen and oxygen atoms in total. The molecule has 9 heteroatoms. The number of carbonyl (C=O) groups excluding carboxylic acids is 1. The zero-order valence-corrected chi connectivity index (χ0v) is 13.9. The van der Waals surface area contributed by atoms with E-state index in [0.29, 0.717) is 25.2 Å². The highest BCUT2D eigenvalue weighted by molar-refractivity contribution is 7.93. The van der Waals surface area contributed by atoms with Gasteiger partial charge in [0.15, 0.2) is 9.77 Å². The molecule has 1 aromatic rings. The van der Waals surface area contributed by atoms with Crippen LogP contribution in [0.3, 0.4) is 0 Å². The first kappa shape index (κ1) is 19.4. The van der Waals surface area contributed by atoms with Gasteiger partial charge in [-0.3, -0.25) is 4.79 Å². The zero-order valence-electron chi connectivity index (χ0n) is 13.1. The smallest absolute Gasteiger partial charge is 0.355 e. The molecule has 0 aliphatic rings. The topological polar surface area (TPSA) is 76.1 Å². The van der Waals surface area contributed by atoms with E-state index in [2.05, 4.69) is 10.3 Å². The van der Waals surface area contributed by atoms with Crippen LogP contribution in [0.5, 0.6) is 0 Å². The van der Waals surface area contributed by atoms with Gasteiger partial charge in [-0.05, 0) is 32.4 Å². The molecule has 0 atom stereocenters. The van der Waals surface area contributed by atoms with Crippen molar-refractivity contribution in [2.24, 2.45) is 0 Å². The Bertz CT molecular complexity index is 653. The maximum absolute atomic E-state index is 12.5. The Hall–Kier alpha value is -1.64. The molecule has 0 aromatic carbocycles. The fourth-order valence-corrected chi connectivity index (χ4v) is 2.96. The van der Waals surface area contributed by atoms with Crippen molar-refractivity contribution < 1.29 is 26.4 Å². The van der Waals surface area contributed by atoms with E-state index in [1.807, 2.05) is 6.92 Å². The summed E-state index contributed by atoms with van der Waals surface area (Å²) < 4.78 is 60.6. The number of pyridine rings is 1. The Balaban J connectivity index is 3.07. The minimum Gasteiger partial charge on any atom is -0.355 e. The Labute approximate surface area is 133 Å². The van der Waals surface area contributed by atoms with E-state index < -0.39 is 37.3 Å². The second-order valence-corrected chi connectivity index (χ2v) is 7.95. The number of nitrogens with zero attached hydrogens (tertiary/aromatic N) is 1. The van der Waals surface area contributed by atoms with E-state index >= 15 is 0 Å². The van der Waals surface area contributed by atoms with Gasteiger partial charge in [0.25, 0.3) is 0 Å². The third kappa shape index (κ3) is 4.21. The molecule has 1 heterocycles. The summed E-state index contributed by atoms with van der Waals surface area (Å²) in [5, 5.41) is 1.94. The second kappa shape index (κ2) is 6.86. The van der Waals surface area contributed by atoms with Crippen LogP contribution in [0.15, 0.2) is 23.4 Å². The lowest BCUT2D eigenvalue weighted by Crippen LogP contribution is -2.48. The summed E-state index contributed by atoms with van der Waals surface area (Å²) >= 11 is 0. The van der Waals surface area contributed by atoms with Crippen LogP contribution >= 0.6 is 0 Å². The predicted octanol–water partition coefficient (Wildman–Crippen LogP) is 2.57. The molecule has 1 aromatic heterocycles. The molecule has 0 aliphatic carbocycles. The standard InChI is InChI=1S/C14H19F3N2O3S/c1-4-5-8-18-12(20)13(2,3)23(21,22)11-7-6-10(9-19-11)14(15,16)17/h6-7,9H,4-5,8H2,1-3H3,(H,18,20). The number of unbranched alkanes of at least 4 members (excludes halogenated alkanes) is 1. The summed E-state index contributed by atoms with van der Waals surface area (Å²) in [7, 11) is -4.23. The van der Waals surface area contributed by atoms with Gasteiger partial charge in [-0.25, -0.2) is 13.4 Å². The lowest BCUT2D eigenvalue weighted by atomic mass is 10.2. The first-order chi connectivity index (χ1) is 10.4. The molecule has 1 rings (SSSR count). The summed E-state index contributed by atoms with van der Waals surface area (Å²) in [6.07, 6.45) is -2.64. The fraction of sp³-hybridized carbons (Fsp3) is 0.571. The number of hydrogen-bond donors (Lipinski definition) is 1. The van der Waals surface area contributed by atoms with Crippen molar-refractivity contribution in [3.8, 4) is 0 Å². The second-order valence-electron chi connectivity index (χ2n) is 5.51. The van der Waals surface area contributed by atoms with E-state index in [-0.39, 0.29) is 0 Å². The van der Waals surface area contributed by atoms with Crippen molar-refractivity contribution in [1.29, 1.82) is 0 Å². The normalized spacial score (nSPS) is 13.0. The summed E-state index contributed by atoms with van der Waals surface area (Å²) in [6, 6.07) is 1.39. The highest BCUT2D eigenvalue weighted by Crippen LogP contribution is 2.30. The Morgan fingerprint density at radius 2 is 1.87 bits per heavy atom. The summed E-state index contributed by atoms with van der Waals surface area (Å²) in [4.78, 5) is 15.5. The number of aromatic nitrogens is 1. The fourth-order valence-electron chi connectivity index (χ4n) is 1.68. The number of carbonyl (C=O) groups is 1. The van der Waals surface area contributed by atoms with Gasteiger partial charge in [-0.2, -0.15) is 13.2 Å². The van der Waals surface area contributed by atoms with Crippen molar-refractivity contribution in [3.63, 3.8) is 0 Å². The van der Waals surface area contributed by atoms with E-state index in [1.165, 1.54) is 13.8 Å². The van der Waals surface area contributed by atoms with E-state index in [1.54, 1.807) is 0 Å². The summed E-state index contributed by atoms with van der Waals surface area (Å²) in [6.45, 7) is 4.64. The minimum absolute atomic E-state index is 0.328. The molecule has 0 fully saturated rings. The first-order valence-corrected chi connectivity index (χ1v) is 8.49.